The van der Waals surface area contributed by atoms with E-state index in [0.717, 1.165) is 21.8 Å². The summed E-state index contributed by atoms with van der Waals surface area (Å²) in [6, 6.07) is 27.5. The molecule has 2 unspecified atom stereocenters. The van der Waals surface area contributed by atoms with Crippen LogP contribution in [0.2, 0.25) is 0 Å². The highest BCUT2D eigenvalue weighted by molar-refractivity contribution is 5.57. The molecule has 0 bridgehead atoms. The number of benzene rings is 3. The molecule has 1 aliphatic rings. The molecule has 190 valence electrons. The number of methoxy groups -OCH3 is 1. The summed E-state index contributed by atoms with van der Waals surface area (Å²) >= 11 is 0. The van der Waals surface area contributed by atoms with Crippen LogP contribution in [0.25, 0.3) is 0 Å². The average Bonchev–Trinajstić information content (AvgIpc) is 3.31. The summed E-state index contributed by atoms with van der Waals surface area (Å²) in [6.45, 7) is 0. The van der Waals surface area contributed by atoms with Gasteiger partial charge in [0.15, 0.2) is 6.23 Å². The summed E-state index contributed by atoms with van der Waals surface area (Å²) < 4.78 is 28.2. The zero-order valence-corrected chi connectivity index (χ0v) is 20.2. The zero-order valence-electron chi connectivity index (χ0n) is 20.2. The Morgan fingerprint density at radius 3 is 2.16 bits per heavy atom. The first-order valence-electron chi connectivity index (χ1n) is 12.0. The van der Waals surface area contributed by atoms with Gasteiger partial charge in [-0.05, 0) is 17.2 Å². The Balaban J connectivity index is 1.69. The third-order valence-corrected chi connectivity index (χ3v) is 6.99. The van der Waals surface area contributed by atoms with Gasteiger partial charge in [0.05, 0.1) is 24.7 Å². The van der Waals surface area contributed by atoms with Crippen LogP contribution in [-0.2, 0) is 10.2 Å². The van der Waals surface area contributed by atoms with E-state index in [4.69, 9.17) is 9.47 Å². The highest BCUT2D eigenvalue weighted by Gasteiger charge is 2.52. The van der Waals surface area contributed by atoms with Gasteiger partial charge in [0.2, 0.25) is 0 Å². The number of hydrogen-bond acceptors (Lipinski definition) is 5. The van der Waals surface area contributed by atoms with E-state index in [1.54, 1.807) is 7.11 Å². The first-order valence-corrected chi connectivity index (χ1v) is 12.0. The average molecular weight is 503 g/mol. The van der Waals surface area contributed by atoms with E-state index in [1.165, 1.54) is 6.20 Å². The SMILES string of the molecule is COc1ccccc1C(c1ccccc1)(c1ccccc1)C(O)[C@@H]1CC(F)[C@H](n2ccc(=O)[nH]c2=O)O1. The van der Waals surface area contributed by atoms with Crippen molar-refractivity contribution in [1.29, 1.82) is 0 Å². The maximum atomic E-state index is 15.4. The molecular formula is C29H27FN2O5. The summed E-state index contributed by atoms with van der Waals surface area (Å²) in [7, 11) is 1.56. The Kier molecular flexibility index (Phi) is 6.78. The molecule has 1 fully saturated rings. The number of para-hydroxylation sites is 1. The van der Waals surface area contributed by atoms with Crippen molar-refractivity contribution >= 4 is 0 Å². The normalized spacial score (nSPS) is 20.5. The van der Waals surface area contributed by atoms with Crippen LogP contribution < -0.4 is 16.0 Å². The molecule has 1 aromatic heterocycles. The van der Waals surface area contributed by atoms with Gasteiger partial charge in [-0.2, -0.15) is 0 Å². The van der Waals surface area contributed by atoms with E-state index >= 15 is 4.39 Å². The van der Waals surface area contributed by atoms with Gasteiger partial charge in [-0.25, -0.2) is 9.18 Å². The van der Waals surface area contributed by atoms with Crippen LogP contribution in [0.5, 0.6) is 5.75 Å². The second-order valence-corrected chi connectivity index (χ2v) is 9.02. The number of rotatable bonds is 7. The molecule has 5 rings (SSSR count). The quantitative estimate of drug-likeness (QED) is 0.377. The summed E-state index contributed by atoms with van der Waals surface area (Å²) in [5.41, 5.74) is -0.355. The smallest absolute Gasteiger partial charge is 0.330 e. The van der Waals surface area contributed by atoms with Crippen molar-refractivity contribution in [3.8, 4) is 5.75 Å². The standard InChI is InChI=1S/C29H27FN2O5/c1-36-23-15-9-8-14-21(23)29(19-10-4-2-5-11-19,20-12-6-3-7-13-20)26(34)24-18-22(30)27(37-24)32-17-16-25(33)31-28(32)35/h2-17,22,24,26-27,34H,18H2,1H3,(H,31,33,35)/t22?,24-,26?,27+/m0/s1. The fourth-order valence-corrected chi connectivity index (χ4v) is 5.36. The monoisotopic (exact) mass is 502 g/mol. The summed E-state index contributed by atoms with van der Waals surface area (Å²) in [4.78, 5) is 26.0. The highest BCUT2D eigenvalue weighted by Crippen LogP contribution is 2.49. The van der Waals surface area contributed by atoms with Crippen molar-refractivity contribution < 1.29 is 19.0 Å². The number of ether oxygens (including phenoxy) is 2. The van der Waals surface area contributed by atoms with Crippen LogP contribution in [0.1, 0.15) is 29.3 Å². The van der Waals surface area contributed by atoms with Gasteiger partial charge >= 0.3 is 5.69 Å². The van der Waals surface area contributed by atoms with Gasteiger partial charge in [-0.15, -0.1) is 0 Å². The van der Waals surface area contributed by atoms with Gasteiger partial charge in [-0.1, -0.05) is 78.9 Å². The van der Waals surface area contributed by atoms with E-state index < -0.39 is 41.3 Å². The number of alkyl halides is 1. The van der Waals surface area contributed by atoms with Crippen LogP contribution >= 0.6 is 0 Å². The Hall–Kier alpha value is -4.01. The summed E-state index contributed by atoms with van der Waals surface area (Å²) in [6.07, 6.45) is -4.13. The molecule has 0 spiro atoms. The fourth-order valence-electron chi connectivity index (χ4n) is 5.36. The molecule has 8 heteroatoms. The van der Waals surface area contributed by atoms with E-state index in [2.05, 4.69) is 4.98 Å². The largest absolute Gasteiger partial charge is 0.496 e. The number of halogens is 1. The lowest BCUT2D eigenvalue weighted by Crippen LogP contribution is -2.48. The minimum absolute atomic E-state index is 0.159. The van der Waals surface area contributed by atoms with Crippen molar-refractivity contribution in [2.24, 2.45) is 0 Å². The number of aliphatic hydroxyl groups excluding tert-OH is 1. The lowest BCUT2D eigenvalue weighted by molar-refractivity contribution is -0.0826. The van der Waals surface area contributed by atoms with Crippen LogP contribution in [0, 0.1) is 0 Å². The van der Waals surface area contributed by atoms with Gasteiger partial charge in [0.1, 0.15) is 11.9 Å². The maximum Gasteiger partial charge on any atom is 0.330 e. The van der Waals surface area contributed by atoms with E-state index in [-0.39, 0.29) is 6.42 Å². The van der Waals surface area contributed by atoms with E-state index in [0.29, 0.717) is 11.3 Å². The number of H-pyrrole nitrogens is 1. The zero-order chi connectivity index (χ0) is 26.0. The van der Waals surface area contributed by atoms with E-state index in [9.17, 15) is 14.7 Å². The molecule has 1 aliphatic heterocycles. The minimum atomic E-state index is -1.59. The molecule has 3 aromatic carbocycles. The molecule has 0 saturated carbocycles. The minimum Gasteiger partial charge on any atom is -0.496 e. The maximum absolute atomic E-state index is 15.4. The molecule has 2 N–H and O–H groups in total. The van der Waals surface area contributed by atoms with Gasteiger partial charge in [0.25, 0.3) is 5.56 Å². The Morgan fingerprint density at radius 2 is 1.57 bits per heavy atom. The molecule has 37 heavy (non-hydrogen) atoms. The Morgan fingerprint density at radius 1 is 0.973 bits per heavy atom. The molecule has 0 radical (unpaired) electrons. The van der Waals surface area contributed by atoms with Crippen LogP contribution in [0.15, 0.2) is 107 Å². The molecule has 4 atom stereocenters. The van der Waals surface area contributed by atoms with Gasteiger partial charge in [0, 0.05) is 24.2 Å². The van der Waals surface area contributed by atoms with Crippen LogP contribution in [0.3, 0.4) is 0 Å². The highest BCUT2D eigenvalue weighted by atomic mass is 19.1. The lowest BCUT2D eigenvalue weighted by atomic mass is 9.64. The van der Waals surface area contributed by atoms with Crippen molar-refractivity contribution in [1.82, 2.24) is 9.55 Å². The fraction of sp³-hybridized carbons (Fsp3) is 0.241. The number of aliphatic hydroxyl groups is 1. The van der Waals surface area contributed by atoms with E-state index in [1.807, 2.05) is 84.9 Å². The van der Waals surface area contributed by atoms with Crippen molar-refractivity contribution in [3.05, 3.63) is 135 Å². The number of nitrogens with one attached hydrogen (secondary N) is 1. The number of hydrogen-bond donors (Lipinski definition) is 2. The number of aromatic amines is 1. The molecule has 7 nitrogen and oxygen atoms in total. The lowest BCUT2D eigenvalue weighted by Gasteiger charge is -2.42. The van der Waals surface area contributed by atoms with Gasteiger partial charge < -0.3 is 14.6 Å². The molecule has 0 aliphatic carbocycles. The number of aromatic nitrogens is 2. The molecule has 1 saturated heterocycles. The molecule has 4 aromatic rings. The second kappa shape index (κ2) is 10.2. The predicted octanol–water partition coefficient (Wildman–Crippen LogP) is 3.57. The molecule has 2 heterocycles. The predicted molar refractivity (Wildman–Crippen MR) is 137 cm³/mol. The Bertz CT molecular complexity index is 1430. The first kappa shape index (κ1) is 24.7. The van der Waals surface area contributed by atoms with Crippen molar-refractivity contribution in [2.75, 3.05) is 7.11 Å². The first-order chi connectivity index (χ1) is 18.0. The number of nitrogens with zero attached hydrogens (tertiary/aromatic N) is 1. The van der Waals surface area contributed by atoms with Crippen LogP contribution in [0.4, 0.5) is 4.39 Å². The summed E-state index contributed by atoms with van der Waals surface area (Å²) in [5, 5.41) is 12.2. The third kappa shape index (κ3) is 4.28. The van der Waals surface area contributed by atoms with Crippen molar-refractivity contribution in [3.63, 3.8) is 0 Å². The van der Waals surface area contributed by atoms with Gasteiger partial charge in [-0.3, -0.25) is 14.3 Å². The second-order valence-electron chi connectivity index (χ2n) is 9.02. The van der Waals surface area contributed by atoms with Crippen molar-refractivity contribution in [2.45, 2.75) is 36.4 Å². The third-order valence-electron chi connectivity index (χ3n) is 6.99. The molecule has 0 amide bonds. The topological polar surface area (TPSA) is 93.5 Å². The Labute approximate surface area is 212 Å². The summed E-state index contributed by atoms with van der Waals surface area (Å²) in [5.74, 6) is 0.553. The van der Waals surface area contributed by atoms with Crippen LogP contribution in [-0.4, -0.2) is 40.1 Å². The molecular weight excluding hydrogens is 475 g/mol.